The fraction of sp³-hybridized carbons (Fsp3) is 0.450. The van der Waals surface area contributed by atoms with Gasteiger partial charge in [-0.2, -0.15) is 0 Å². The van der Waals surface area contributed by atoms with E-state index in [-0.39, 0.29) is 17.9 Å². The van der Waals surface area contributed by atoms with Gasteiger partial charge in [-0.3, -0.25) is 14.6 Å². The van der Waals surface area contributed by atoms with Gasteiger partial charge in [0, 0.05) is 30.6 Å². The van der Waals surface area contributed by atoms with Crippen molar-refractivity contribution < 1.29 is 9.59 Å². The molecule has 1 fully saturated rings. The predicted octanol–water partition coefficient (Wildman–Crippen LogP) is 2.90. The molecule has 25 heavy (non-hydrogen) atoms. The van der Waals surface area contributed by atoms with Crippen LogP contribution in [0.15, 0.2) is 18.2 Å². The lowest BCUT2D eigenvalue weighted by Gasteiger charge is -2.17. The normalized spacial score (nSPS) is 17.4. The van der Waals surface area contributed by atoms with Crippen LogP contribution < -0.4 is 5.32 Å². The molecule has 1 aromatic carbocycles. The van der Waals surface area contributed by atoms with E-state index in [0.29, 0.717) is 18.5 Å². The Kier molecular flexibility index (Phi) is 4.75. The summed E-state index contributed by atoms with van der Waals surface area (Å²) in [6.07, 6.45) is 1.31. The molecule has 0 bridgehead atoms. The SMILES string of the molecule is CCCN1CC(NC(=O)c2cc(C)nc3c(C)c(C)ccc23)CC1=O. The molecule has 1 aliphatic heterocycles. The fourth-order valence-corrected chi connectivity index (χ4v) is 3.46. The second kappa shape index (κ2) is 6.82. The van der Waals surface area contributed by atoms with E-state index in [1.54, 1.807) is 0 Å². The van der Waals surface area contributed by atoms with E-state index in [9.17, 15) is 9.59 Å². The van der Waals surface area contributed by atoms with Gasteiger partial charge in [-0.1, -0.05) is 19.1 Å². The number of hydrogen-bond acceptors (Lipinski definition) is 3. The predicted molar refractivity (Wildman–Crippen MR) is 98.7 cm³/mol. The van der Waals surface area contributed by atoms with Crippen LogP contribution in [0.25, 0.3) is 10.9 Å². The van der Waals surface area contributed by atoms with E-state index in [1.165, 1.54) is 0 Å². The van der Waals surface area contributed by atoms with E-state index in [4.69, 9.17) is 0 Å². The summed E-state index contributed by atoms with van der Waals surface area (Å²) < 4.78 is 0. The number of nitrogens with one attached hydrogen (secondary N) is 1. The van der Waals surface area contributed by atoms with Crippen LogP contribution in [0, 0.1) is 20.8 Å². The maximum Gasteiger partial charge on any atom is 0.252 e. The average Bonchev–Trinajstić information content (AvgIpc) is 2.90. The number of aryl methyl sites for hydroxylation is 3. The molecule has 1 aliphatic rings. The third kappa shape index (κ3) is 3.36. The zero-order chi connectivity index (χ0) is 18.1. The van der Waals surface area contributed by atoms with Gasteiger partial charge >= 0.3 is 0 Å². The van der Waals surface area contributed by atoms with Crippen molar-refractivity contribution in [2.45, 2.75) is 46.6 Å². The van der Waals surface area contributed by atoms with Gasteiger partial charge in [-0.05, 0) is 44.4 Å². The zero-order valence-corrected chi connectivity index (χ0v) is 15.3. The van der Waals surface area contributed by atoms with Crippen LogP contribution >= 0.6 is 0 Å². The molecule has 5 nitrogen and oxygen atoms in total. The second-order valence-electron chi connectivity index (χ2n) is 6.93. The number of amides is 2. The van der Waals surface area contributed by atoms with Gasteiger partial charge in [0.1, 0.15) is 0 Å². The first-order valence-electron chi connectivity index (χ1n) is 8.87. The van der Waals surface area contributed by atoms with E-state index in [0.717, 1.165) is 40.7 Å². The summed E-state index contributed by atoms with van der Waals surface area (Å²) >= 11 is 0. The minimum atomic E-state index is -0.130. The van der Waals surface area contributed by atoms with Gasteiger partial charge in [-0.15, -0.1) is 0 Å². The summed E-state index contributed by atoms with van der Waals surface area (Å²) in [7, 11) is 0. The van der Waals surface area contributed by atoms with Gasteiger partial charge in [0.15, 0.2) is 0 Å². The molecule has 1 aromatic heterocycles. The number of nitrogens with zero attached hydrogens (tertiary/aromatic N) is 2. The topological polar surface area (TPSA) is 62.3 Å². The average molecular weight is 339 g/mol. The molecule has 0 radical (unpaired) electrons. The molecule has 3 rings (SSSR count). The highest BCUT2D eigenvalue weighted by atomic mass is 16.2. The summed E-state index contributed by atoms with van der Waals surface area (Å²) in [4.78, 5) is 31.3. The highest BCUT2D eigenvalue weighted by molar-refractivity contribution is 6.07. The lowest BCUT2D eigenvalue weighted by atomic mass is 10.0. The number of hydrogen-bond donors (Lipinski definition) is 1. The van der Waals surface area contributed by atoms with Crippen molar-refractivity contribution in [1.29, 1.82) is 0 Å². The van der Waals surface area contributed by atoms with Gasteiger partial charge < -0.3 is 10.2 Å². The first-order chi connectivity index (χ1) is 11.9. The number of benzene rings is 1. The second-order valence-corrected chi connectivity index (χ2v) is 6.93. The third-order valence-electron chi connectivity index (χ3n) is 4.92. The van der Waals surface area contributed by atoms with E-state index in [1.807, 2.05) is 43.9 Å². The van der Waals surface area contributed by atoms with Crippen molar-refractivity contribution in [2.24, 2.45) is 0 Å². The van der Waals surface area contributed by atoms with Gasteiger partial charge in [-0.25, -0.2) is 0 Å². The van der Waals surface area contributed by atoms with Crippen LogP contribution in [0.1, 0.15) is 46.9 Å². The molecule has 0 spiro atoms. The van der Waals surface area contributed by atoms with Crippen molar-refractivity contribution in [3.05, 3.63) is 40.6 Å². The first kappa shape index (κ1) is 17.4. The molecule has 2 amide bonds. The smallest absolute Gasteiger partial charge is 0.252 e. The summed E-state index contributed by atoms with van der Waals surface area (Å²) in [5.74, 6) is -0.00992. The van der Waals surface area contributed by atoms with Crippen molar-refractivity contribution >= 4 is 22.7 Å². The highest BCUT2D eigenvalue weighted by Gasteiger charge is 2.30. The minimum absolute atomic E-state index is 0.120. The Morgan fingerprint density at radius 1 is 1.32 bits per heavy atom. The summed E-state index contributed by atoms with van der Waals surface area (Å²) in [5, 5.41) is 3.90. The standard InChI is InChI=1S/C20H25N3O2/c1-5-8-23-11-15(10-18(23)24)22-20(25)17-9-13(3)21-19-14(4)12(2)6-7-16(17)19/h6-7,9,15H,5,8,10-11H2,1-4H3,(H,22,25). The third-order valence-corrected chi connectivity index (χ3v) is 4.92. The summed E-state index contributed by atoms with van der Waals surface area (Å²) in [6.45, 7) is 9.38. The van der Waals surface area contributed by atoms with Gasteiger partial charge in [0.05, 0.1) is 17.1 Å². The molecular weight excluding hydrogens is 314 g/mol. The Morgan fingerprint density at radius 2 is 2.08 bits per heavy atom. The molecule has 1 N–H and O–H groups in total. The van der Waals surface area contributed by atoms with E-state index in [2.05, 4.69) is 17.2 Å². The number of rotatable bonds is 4. The molecule has 132 valence electrons. The van der Waals surface area contributed by atoms with Crippen molar-refractivity contribution in [1.82, 2.24) is 15.2 Å². The Bertz CT molecular complexity index is 844. The maximum atomic E-state index is 12.9. The van der Waals surface area contributed by atoms with Crippen LogP contribution in [0.3, 0.4) is 0 Å². The lowest BCUT2D eigenvalue weighted by molar-refractivity contribution is -0.127. The summed E-state index contributed by atoms with van der Waals surface area (Å²) in [6, 6.07) is 5.68. The quantitative estimate of drug-likeness (QED) is 0.932. The first-order valence-corrected chi connectivity index (χ1v) is 8.87. The van der Waals surface area contributed by atoms with Crippen LogP contribution in [-0.2, 0) is 4.79 Å². The summed E-state index contributed by atoms with van der Waals surface area (Å²) in [5.41, 5.74) is 4.59. The van der Waals surface area contributed by atoms with Gasteiger partial charge in [0.2, 0.25) is 5.91 Å². The Balaban J connectivity index is 1.88. The number of fused-ring (bicyclic) bond motifs is 1. The Hall–Kier alpha value is -2.43. The molecule has 1 saturated heterocycles. The largest absolute Gasteiger partial charge is 0.347 e. The number of carbonyl (C=O) groups is 2. The molecule has 0 saturated carbocycles. The van der Waals surface area contributed by atoms with Crippen molar-refractivity contribution in [2.75, 3.05) is 13.1 Å². The number of aromatic nitrogens is 1. The monoisotopic (exact) mass is 339 g/mol. The lowest BCUT2D eigenvalue weighted by Crippen LogP contribution is -2.37. The molecule has 2 heterocycles. The molecule has 5 heteroatoms. The molecule has 1 atom stereocenters. The van der Waals surface area contributed by atoms with Crippen LogP contribution in [0.2, 0.25) is 0 Å². The maximum absolute atomic E-state index is 12.9. The Morgan fingerprint density at radius 3 is 2.80 bits per heavy atom. The van der Waals surface area contributed by atoms with Crippen LogP contribution in [0.4, 0.5) is 0 Å². The fourth-order valence-electron chi connectivity index (χ4n) is 3.46. The van der Waals surface area contributed by atoms with Crippen molar-refractivity contribution in [3.63, 3.8) is 0 Å². The van der Waals surface area contributed by atoms with Crippen LogP contribution in [-0.4, -0.2) is 40.8 Å². The van der Waals surface area contributed by atoms with E-state index < -0.39 is 0 Å². The Labute approximate surface area is 148 Å². The minimum Gasteiger partial charge on any atom is -0.347 e. The number of pyridine rings is 1. The highest BCUT2D eigenvalue weighted by Crippen LogP contribution is 2.24. The van der Waals surface area contributed by atoms with Crippen molar-refractivity contribution in [3.8, 4) is 0 Å². The molecule has 1 unspecified atom stereocenters. The number of likely N-dealkylation sites (tertiary alicyclic amines) is 1. The van der Waals surface area contributed by atoms with E-state index >= 15 is 0 Å². The molecule has 0 aliphatic carbocycles. The zero-order valence-electron chi connectivity index (χ0n) is 15.3. The number of carbonyl (C=O) groups excluding carboxylic acids is 2. The van der Waals surface area contributed by atoms with Gasteiger partial charge in [0.25, 0.3) is 5.91 Å². The molecule has 2 aromatic rings. The van der Waals surface area contributed by atoms with Crippen LogP contribution in [0.5, 0.6) is 0 Å². The molecular formula is C20H25N3O2.